The molecule has 4 rings (SSSR count). The van der Waals surface area contributed by atoms with Gasteiger partial charge in [0, 0.05) is 37.8 Å². The third kappa shape index (κ3) is 3.52. The zero-order valence-electron chi connectivity index (χ0n) is 15.9. The Balaban J connectivity index is 1.69. The van der Waals surface area contributed by atoms with Crippen molar-refractivity contribution in [2.24, 2.45) is 0 Å². The first-order valence-corrected chi connectivity index (χ1v) is 9.71. The summed E-state index contributed by atoms with van der Waals surface area (Å²) >= 11 is 0. The van der Waals surface area contributed by atoms with E-state index in [4.69, 9.17) is 4.98 Å². The number of anilines is 1. The average Bonchev–Trinajstić information content (AvgIpc) is 2.73. The van der Waals surface area contributed by atoms with Crippen molar-refractivity contribution in [3.05, 3.63) is 58.8 Å². The Morgan fingerprint density at radius 1 is 1.25 bits per heavy atom. The van der Waals surface area contributed by atoms with Crippen molar-refractivity contribution in [2.45, 2.75) is 45.2 Å². The molecule has 0 saturated carbocycles. The van der Waals surface area contributed by atoms with Crippen molar-refractivity contribution in [1.29, 1.82) is 0 Å². The number of hydrogen-bond donors (Lipinski definition) is 0. The largest absolute Gasteiger partial charge is 0.339 e. The number of ketones is 1. The van der Waals surface area contributed by atoms with E-state index in [0.29, 0.717) is 49.3 Å². The van der Waals surface area contributed by atoms with Gasteiger partial charge in [0.2, 0.25) is 5.95 Å². The highest BCUT2D eigenvalue weighted by molar-refractivity contribution is 5.97. The van der Waals surface area contributed by atoms with Gasteiger partial charge < -0.3 is 4.90 Å². The monoisotopic (exact) mass is 377 g/mol. The second-order valence-corrected chi connectivity index (χ2v) is 7.07. The van der Waals surface area contributed by atoms with Gasteiger partial charge in [-0.3, -0.25) is 14.2 Å². The number of carbonyl (C=O) groups excluding carboxylic acids is 1. The highest BCUT2D eigenvalue weighted by Gasteiger charge is 2.28. The Hall–Kier alpha value is -3.09. The first-order chi connectivity index (χ1) is 13.7. The van der Waals surface area contributed by atoms with Gasteiger partial charge in [-0.25, -0.2) is 15.0 Å². The number of allylic oxidation sites excluding steroid dienone is 3. The average molecular weight is 377 g/mol. The normalized spacial score (nSPS) is 18.8. The topological polar surface area (TPSA) is 81.0 Å². The van der Waals surface area contributed by atoms with Crippen LogP contribution < -0.4 is 10.5 Å². The minimum atomic E-state index is -0.0749. The fourth-order valence-electron chi connectivity index (χ4n) is 3.85. The first-order valence-electron chi connectivity index (χ1n) is 9.71. The molecule has 2 aliphatic rings. The smallest absolute Gasteiger partial charge is 0.255 e. The summed E-state index contributed by atoms with van der Waals surface area (Å²) in [5.41, 5.74) is 1.94. The summed E-state index contributed by atoms with van der Waals surface area (Å²) in [5.74, 6) is 0.839. The molecule has 144 valence electrons. The van der Waals surface area contributed by atoms with Crippen LogP contribution in [-0.4, -0.2) is 37.9 Å². The van der Waals surface area contributed by atoms with Gasteiger partial charge in [-0.15, -0.1) is 0 Å². The number of aromatic nitrogens is 4. The fourth-order valence-corrected chi connectivity index (χ4v) is 3.85. The predicted molar refractivity (Wildman–Crippen MR) is 107 cm³/mol. The molecule has 0 radical (unpaired) electrons. The van der Waals surface area contributed by atoms with Crippen molar-refractivity contribution in [3.63, 3.8) is 0 Å². The van der Waals surface area contributed by atoms with E-state index in [0.717, 1.165) is 18.4 Å². The molecule has 0 amide bonds. The maximum absolute atomic E-state index is 12.7. The zero-order valence-corrected chi connectivity index (χ0v) is 15.9. The highest BCUT2D eigenvalue weighted by Crippen LogP contribution is 2.27. The lowest BCUT2D eigenvalue weighted by atomic mass is 9.99. The van der Waals surface area contributed by atoms with Gasteiger partial charge in [-0.2, -0.15) is 0 Å². The van der Waals surface area contributed by atoms with E-state index in [9.17, 15) is 9.59 Å². The summed E-state index contributed by atoms with van der Waals surface area (Å²) in [6.45, 7) is 3.46. The Morgan fingerprint density at radius 3 is 2.89 bits per heavy atom. The molecule has 0 spiro atoms. The minimum absolute atomic E-state index is 0.0749. The fraction of sp³-hybridized carbons (Fsp3) is 0.381. The minimum Gasteiger partial charge on any atom is -0.339 e. The van der Waals surface area contributed by atoms with Crippen LogP contribution in [0.15, 0.2) is 53.3 Å². The van der Waals surface area contributed by atoms with Crippen LogP contribution in [-0.2, 0) is 11.3 Å². The van der Waals surface area contributed by atoms with E-state index in [2.05, 4.69) is 21.8 Å². The molecule has 28 heavy (non-hydrogen) atoms. The summed E-state index contributed by atoms with van der Waals surface area (Å²) in [5, 5.41) is 0. The quantitative estimate of drug-likeness (QED) is 0.796. The van der Waals surface area contributed by atoms with E-state index in [1.165, 1.54) is 12.4 Å². The van der Waals surface area contributed by atoms with E-state index in [1.54, 1.807) is 16.8 Å². The van der Waals surface area contributed by atoms with Gasteiger partial charge in [0.15, 0.2) is 5.78 Å². The van der Waals surface area contributed by atoms with Gasteiger partial charge in [-0.05, 0) is 30.9 Å². The number of rotatable bonds is 5. The Bertz CT molecular complexity index is 994. The summed E-state index contributed by atoms with van der Waals surface area (Å²) in [7, 11) is 0. The molecule has 7 heteroatoms. The number of Topliss-reactive ketones (excluding diaryl/α,β-unsaturated/α-hetero) is 1. The molecule has 2 aromatic heterocycles. The standard InChI is InChI=1S/C21H23N5O2/c1-2-16-9-12-26-20(28)13-18(17-7-10-22-14-23-17)24-21(26)25(16)11-8-15-5-3-4-6-19(15)27/h3-5,7,10,13-14,16H,2,6,8-9,11-12H2,1H3. The molecule has 1 aliphatic carbocycles. The lowest BCUT2D eigenvalue weighted by Gasteiger charge is -2.38. The molecule has 0 bridgehead atoms. The summed E-state index contributed by atoms with van der Waals surface area (Å²) < 4.78 is 1.73. The lowest BCUT2D eigenvalue weighted by Crippen LogP contribution is -2.45. The van der Waals surface area contributed by atoms with Gasteiger partial charge in [0.05, 0.1) is 11.4 Å². The lowest BCUT2D eigenvalue weighted by molar-refractivity contribution is -0.115. The van der Waals surface area contributed by atoms with E-state index in [-0.39, 0.29) is 11.3 Å². The molecule has 0 N–H and O–H groups in total. The van der Waals surface area contributed by atoms with Crippen LogP contribution in [0.5, 0.6) is 0 Å². The Kier molecular flexibility index (Phi) is 5.14. The van der Waals surface area contributed by atoms with Crippen molar-refractivity contribution < 1.29 is 4.79 Å². The van der Waals surface area contributed by atoms with E-state index < -0.39 is 0 Å². The van der Waals surface area contributed by atoms with Crippen molar-refractivity contribution in [1.82, 2.24) is 19.5 Å². The van der Waals surface area contributed by atoms with E-state index in [1.807, 2.05) is 18.2 Å². The van der Waals surface area contributed by atoms with Crippen LogP contribution in [0.2, 0.25) is 0 Å². The summed E-state index contributed by atoms with van der Waals surface area (Å²) in [4.78, 5) is 40.0. The molecule has 7 nitrogen and oxygen atoms in total. The molecular formula is C21H23N5O2. The molecule has 1 atom stereocenters. The van der Waals surface area contributed by atoms with Crippen molar-refractivity contribution in [2.75, 3.05) is 11.4 Å². The predicted octanol–water partition coefficient (Wildman–Crippen LogP) is 2.53. The van der Waals surface area contributed by atoms with Gasteiger partial charge in [-0.1, -0.05) is 25.2 Å². The van der Waals surface area contributed by atoms with Gasteiger partial charge >= 0.3 is 0 Å². The third-order valence-electron chi connectivity index (χ3n) is 5.40. The van der Waals surface area contributed by atoms with Crippen LogP contribution in [0, 0.1) is 0 Å². The molecule has 3 heterocycles. The molecule has 0 fully saturated rings. The van der Waals surface area contributed by atoms with Crippen LogP contribution in [0.4, 0.5) is 5.95 Å². The third-order valence-corrected chi connectivity index (χ3v) is 5.40. The number of nitrogens with zero attached hydrogens (tertiary/aromatic N) is 5. The SMILES string of the molecule is CCC1CCn2c(nc(-c3ccncn3)cc2=O)N1CCC1=CC=CCC1=O. The van der Waals surface area contributed by atoms with Crippen molar-refractivity contribution in [3.8, 4) is 11.4 Å². The van der Waals surface area contributed by atoms with Crippen LogP contribution >= 0.6 is 0 Å². The second kappa shape index (κ2) is 7.88. The highest BCUT2D eigenvalue weighted by atomic mass is 16.1. The summed E-state index contributed by atoms with van der Waals surface area (Å²) in [6.07, 6.45) is 11.8. The number of carbonyl (C=O) groups is 1. The van der Waals surface area contributed by atoms with Crippen LogP contribution in [0.3, 0.4) is 0 Å². The van der Waals surface area contributed by atoms with E-state index >= 15 is 0 Å². The van der Waals surface area contributed by atoms with Crippen LogP contribution in [0.25, 0.3) is 11.4 Å². The number of hydrogen-bond acceptors (Lipinski definition) is 6. The zero-order chi connectivity index (χ0) is 19.5. The first kappa shape index (κ1) is 18.3. The van der Waals surface area contributed by atoms with Gasteiger partial charge in [0.1, 0.15) is 6.33 Å². The maximum Gasteiger partial charge on any atom is 0.255 e. The molecular weight excluding hydrogens is 354 g/mol. The molecule has 0 aromatic carbocycles. The molecule has 2 aromatic rings. The van der Waals surface area contributed by atoms with Crippen molar-refractivity contribution >= 4 is 11.7 Å². The molecule has 1 unspecified atom stereocenters. The number of fused-ring (bicyclic) bond motifs is 1. The second-order valence-electron chi connectivity index (χ2n) is 7.07. The van der Waals surface area contributed by atoms with Gasteiger partial charge in [0.25, 0.3) is 5.56 Å². The molecule has 0 saturated heterocycles. The summed E-state index contributed by atoms with van der Waals surface area (Å²) in [6, 6.07) is 3.58. The maximum atomic E-state index is 12.7. The Labute approximate surface area is 163 Å². The Morgan fingerprint density at radius 2 is 2.14 bits per heavy atom. The molecule has 1 aliphatic heterocycles. The van der Waals surface area contributed by atoms with Crippen LogP contribution in [0.1, 0.15) is 32.6 Å².